The number of hydrogen-bond acceptors (Lipinski definition) is 4. The van der Waals surface area contributed by atoms with Crippen LogP contribution in [0, 0.1) is 6.92 Å². The monoisotopic (exact) mass is 227 g/mol. The lowest BCUT2D eigenvalue weighted by molar-refractivity contribution is 0.239. The Balaban J connectivity index is 2.67. The molecule has 0 fully saturated rings. The van der Waals surface area contributed by atoms with E-state index in [0.717, 1.165) is 5.56 Å². The third-order valence-corrected chi connectivity index (χ3v) is 3.01. The largest absolute Gasteiger partial charge is 0.443 e. The minimum atomic E-state index is -3.93. The number of furan rings is 1. The van der Waals surface area contributed by atoms with Crippen molar-refractivity contribution >= 4 is 21.0 Å². The smallest absolute Gasteiger partial charge is 0.295 e. The maximum Gasteiger partial charge on any atom is 0.295 e. The van der Waals surface area contributed by atoms with Gasteiger partial charge in [-0.2, -0.15) is 0 Å². The Morgan fingerprint density at radius 2 is 2.07 bits per heavy atom. The quantitative estimate of drug-likeness (QED) is 0.760. The molecule has 0 saturated heterocycles. The SMILES string of the molecule is Cc1ccc2oc(S(=O)(=O)NO)cc2c1. The summed E-state index contributed by atoms with van der Waals surface area (Å²) in [6.07, 6.45) is 0. The first-order chi connectivity index (χ1) is 7.03. The van der Waals surface area contributed by atoms with Gasteiger partial charge in [0.2, 0.25) is 5.09 Å². The summed E-state index contributed by atoms with van der Waals surface area (Å²) in [5, 5.41) is 8.81. The fraction of sp³-hybridized carbons (Fsp3) is 0.111. The van der Waals surface area contributed by atoms with Crippen LogP contribution in [0.5, 0.6) is 0 Å². The lowest BCUT2D eigenvalue weighted by atomic mass is 10.2. The van der Waals surface area contributed by atoms with Crippen LogP contribution in [0.25, 0.3) is 11.0 Å². The molecule has 1 heterocycles. The Kier molecular flexibility index (Phi) is 2.26. The molecule has 1 aromatic heterocycles. The van der Waals surface area contributed by atoms with E-state index in [2.05, 4.69) is 0 Å². The third-order valence-electron chi connectivity index (χ3n) is 2.03. The Morgan fingerprint density at radius 3 is 2.73 bits per heavy atom. The Labute approximate surface area is 86.3 Å². The zero-order valence-corrected chi connectivity index (χ0v) is 8.71. The molecule has 0 aliphatic carbocycles. The Hall–Kier alpha value is -1.37. The molecule has 0 aliphatic heterocycles. The normalized spacial score (nSPS) is 12.1. The summed E-state index contributed by atoms with van der Waals surface area (Å²) in [5.74, 6) is 0. The second-order valence-electron chi connectivity index (χ2n) is 3.20. The van der Waals surface area contributed by atoms with E-state index in [1.807, 2.05) is 13.0 Å². The molecule has 0 spiro atoms. The minimum Gasteiger partial charge on any atom is -0.443 e. The Bertz CT molecular complexity index is 600. The topological polar surface area (TPSA) is 79.5 Å². The van der Waals surface area contributed by atoms with Gasteiger partial charge in [-0.15, -0.1) is 0 Å². The molecule has 0 unspecified atom stereocenters. The summed E-state index contributed by atoms with van der Waals surface area (Å²) < 4.78 is 27.5. The summed E-state index contributed by atoms with van der Waals surface area (Å²) >= 11 is 0. The molecule has 5 nitrogen and oxygen atoms in total. The van der Waals surface area contributed by atoms with Crippen LogP contribution in [0.3, 0.4) is 0 Å². The van der Waals surface area contributed by atoms with E-state index in [1.54, 1.807) is 12.1 Å². The average Bonchev–Trinajstić information content (AvgIpc) is 2.61. The summed E-state index contributed by atoms with van der Waals surface area (Å²) in [5.41, 5.74) is 1.47. The lowest BCUT2D eigenvalue weighted by Gasteiger charge is -1.93. The molecule has 2 rings (SSSR count). The second-order valence-corrected chi connectivity index (χ2v) is 4.79. The Morgan fingerprint density at radius 1 is 1.33 bits per heavy atom. The standard InChI is InChI=1S/C9H9NO4S/c1-6-2-3-8-7(4-6)5-9(14-8)15(12,13)10-11/h2-5,10-11H,1H3. The van der Waals surface area contributed by atoms with Crippen molar-refractivity contribution in [1.29, 1.82) is 0 Å². The van der Waals surface area contributed by atoms with E-state index in [4.69, 9.17) is 9.62 Å². The highest BCUT2D eigenvalue weighted by Crippen LogP contribution is 2.23. The number of sulfonamides is 1. The van der Waals surface area contributed by atoms with Gasteiger partial charge in [-0.1, -0.05) is 16.5 Å². The van der Waals surface area contributed by atoms with Crippen molar-refractivity contribution < 1.29 is 18.0 Å². The van der Waals surface area contributed by atoms with Gasteiger partial charge in [0, 0.05) is 11.5 Å². The highest BCUT2D eigenvalue weighted by atomic mass is 32.2. The van der Waals surface area contributed by atoms with Crippen molar-refractivity contribution in [2.45, 2.75) is 12.0 Å². The molecule has 2 aromatic rings. The van der Waals surface area contributed by atoms with Crippen molar-refractivity contribution in [2.24, 2.45) is 0 Å². The van der Waals surface area contributed by atoms with Crippen LogP contribution < -0.4 is 4.89 Å². The van der Waals surface area contributed by atoms with E-state index in [9.17, 15) is 8.42 Å². The number of nitrogens with one attached hydrogen (secondary N) is 1. The van der Waals surface area contributed by atoms with Crippen LogP contribution in [0.1, 0.15) is 5.56 Å². The zero-order chi connectivity index (χ0) is 11.1. The maximum absolute atomic E-state index is 11.2. The minimum absolute atomic E-state index is 0.300. The number of benzene rings is 1. The molecule has 1 aromatic carbocycles. The first-order valence-electron chi connectivity index (χ1n) is 4.19. The predicted octanol–water partition coefficient (Wildman–Crippen LogP) is 1.41. The molecule has 80 valence electrons. The van der Waals surface area contributed by atoms with Crippen molar-refractivity contribution in [3.05, 3.63) is 29.8 Å². The van der Waals surface area contributed by atoms with Gasteiger partial charge in [0.1, 0.15) is 5.58 Å². The number of hydrogen-bond donors (Lipinski definition) is 2. The highest BCUT2D eigenvalue weighted by Gasteiger charge is 2.18. The molecule has 6 heteroatoms. The summed E-state index contributed by atoms with van der Waals surface area (Å²) in [6.45, 7) is 1.89. The molecular formula is C9H9NO4S. The van der Waals surface area contributed by atoms with Gasteiger partial charge in [-0.25, -0.2) is 8.42 Å². The fourth-order valence-electron chi connectivity index (χ4n) is 1.32. The van der Waals surface area contributed by atoms with Gasteiger partial charge in [-0.05, 0) is 19.1 Å². The van der Waals surface area contributed by atoms with Crippen LogP contribution >= 0.6 is 0 Å². The molecule has 15 heavy (non-hydrogen) atoms. The molecule has 0 atom stereocenters. The zero-order valence-electron chi connectivity index (χ0n) is 7.89. The van der Waals surface area contributed by atoms with Crippen LogP contribution in [0.2, 0.25) is 0 Å². The summed E-state index contributed by atoms with van der Waals surface area (Å²) in [4.78, 5) is 1.21. The van der Waals surface area contributed by atoms with E-state index in [-0.39, 0.29) is 5.09 Å². The number of fused-ring (bicyclic) bond motifs is 1. The first-order valence-corrected chi connectivity index (χ1v) is 5.67. The molecular weight excluding hydrogens is 218 g/mol. The van der Waals surface area contributed by atoms with Crippen molar-refractivity contribution in [3.63, 3.8) is 0 Å². The van der Waals surface area contributed by atoms with E-state index in [1.165, 1.54) is 11.0 Å². The van der Waals surface area contributed by atoms with E-state index in [0.29, 0.717) is 11.0 Å². The van der Waals surface area contributed by atoms with Crippen LogP contribution in [-0.2, 0) is 10.0 Å². The summed E-state index contributed by atoms with van der Waals surface area (Å²) in [7, 11) is -3.93. The van der Waals surface area contributed by atoms with Crippen molar-refractivity contribution in [2.75, 3.05) is 0 Å². The number of rotatable bonds is 2. The van der Waals surface area contributed by atoms with Gasteiger partial charge in [0.05, 0.1) is 0 Å². The van der Waals surface area contributed by atoms with Crippen LogP contribution in [-0.4, -0.2) is 13.6 Å². The van der Waals surface area contributed by atoms with Crippen molar-refractivity contribution in [3.8, 4) is 0 Å². The van der Waals surface area contributed by atoms with E-state index < -0.39 is 10.0 Å². The van der Waals surface area contributed by atoms with Gasteiger partial charge in [0.15, 0.2) is 0 Å². The van der Waals surface area contributed by atoms with Crippen LogP contribution in [0.15, 0.2) is 33.8 Å². The van der Waals surface area contributed by atoms with Gasteiger partial charge in [-0.3, -0.25) is 0 Å². The van der Waals surface area contributed by atoms with Gasteiger partial charge >= 0.3 is 0 Å². The first kappa shape index (κ1) is 10.2. The molecule has 0 aliphatic rings. The average molecular weight is 227 g/mol. The highest BCUT2D eigenvalue weighted by molar-refractivity contribution is 7.89. The number of aryl methyl sites for hydroxylation is 1. The lowest BCUT2D eigenvalue weighted by Crippen LogP contribution is -2.18. The third kappa shape index (κ3) is 1.74. The molecule has 0 radical (unpaired) electrons. The molecule has 0 saturated carbocycles. The summed E-state index contributed by atoms with van der Waals surface area (Å²) in [6, 6.07) is 6.66. The fourth-order valence-corrected chi connectivity index (χ4v) is 1.89. The molecule has 0 bridgehead atoms. The van der Waals surface area contributed by atoms with Crippen molar-refractivity contribution in [1.82, 2.24) is 4.89 Å². The molecule has 0 amide bonds. The van der Waals surface area contributed by atoms with Gasteiger partial charge < -0.3 is 9.62 Å². The predicted molar refractivity (Wildman–Crippen MR) is 53.1 cm³/mol. The van der Waals surface area contributed by atoms with Crippen LogP contribution in [0.4, 0.5) is 0 Å². The second kappa shape index (κ2) is 3.34. The van der Waals surface area contributed by atoms with E-state index >= 15 is 0 Å². The maximum atomic E-state index is 11.2. The van der Waals surface area contributed by atoms with Gasteiger partial charge in [0.25, 0.3) is 10.0 Å². The molecule has 2 N–H and O–H groups in total.